The van der Waals surface area contributed by atoms with E-state index in [9.17, 15) is 0 Å². The molecule has 0 amide bonds. The summed E-state index contributed by atoms with van der Waals surface area (Å²) in [7, 11) is 0. The second kappa shape index (κ2) is 10.0. The van der Waals surface area contributed by atoms with Gasteiger partial charge >= 0.3 is 0 Å². The van der Waals surface area contributed by atoms with E-state index >= 15 is 0 Å². The highest BCUT2D eigenvalue weighted by molar-refractivity contribution is 7.80. The third-order valence-electron chi connectivity index (χ3n) is 7.38. The number of morpholine rings is 1. The highest BCUT2D eigenvalue weighted by Crippen LogP contribution is 2.42. The van der Waals surface area contributed by atoms with Crippen LogP contribution in [0.1, 0.15) is 40.5 Å². The van der Waals surface area contributed by atoms with Gasteiger partial charge in [0.1, 0.15) is 5.76 Å². The Balaban J connectivity index is 1.37. The molecule has 0 aliphatic carbocycles. The van der Waals surface area contributed by atoms with Gasteiger partial charge in [-0.3, -0.25) is 4.98 Å². The highest BCUT2D eigenvalue weighted by Gasteiger charge is 2.41. The van der Waals surface area contributed by atoms with E-state index in [1.165, 1.54) is 22.6 Å². The van der Waals surface area contributed by atoms with E-state index in [1.54, 1.807) is 6.26 Å². The standard InChI is InChI=1S/C29H31N5O2S/c1-20-18-25(21(2)34(20)23-10-8-22(9-11-23)32-13-16-35-17-14-32)28-27(26-7-3-4-12-30-26)31-29(37)33(28)19-24-6-5-15-36-24/h3-12,15,18,27-28H,13-14,16-17,19H2,1-2H3,(H,31,37)/t27-,28-/m1/s1. The van der Waals surface area contributed by atoms with Crippen molar-refractivity contribution in [2.75, 3.05) is 31.2 Å². The number of aromatic nitrogens is 2. The van der Waals surface area contributed by atoms with E-state index in [-0.39, 0.29) is 12.1 Å². The maximum atomic E-state index is 5.85. The Morgan fingerprint density at radius 2 is 1.78 bits per heavy atom. The molecule has 2 aliphatic heterocycles. The molecule has 190 valence electrons. The molecular weight excluding hydrogens is 482 g/mol. The summed E-state index contributed by atoms with van der Waals surface area (Å²) in [6, 6.07) is 21.0. The van der Waals surface area contributed by atoms with E-state index in [4.69, 9.17) is 21.4 Å². The molecule has 37 heavy (non-hydrogen) atoms. The minimum absolute atomic E-state index is 0.0277. The van der Waals surface area contributed by atoms with Crippen LogP contribution in [0.15, 0.2) is 77.5 Å². The molecule has 0 saturated carbocycles. The number of hydrogen-bond acceptors (Lipinski definition) is 5. The Kier molecular flexibility index (Phi) is 6.44. The van der Waals surface area contributed by atoms with Crippen molar-refractivity contribution >= 4 is 23.0 Å². The second-order valence-corrected chi connectivity index (χ2v) is 10.00. The Morgan fingerprint density at radius 1 is 1.00 bits per heavy atom. The number of thiocarbonyl (C=S) groups is 1. The lowest BCUT2D eigenvalue weighted by atomic mass is 9.96. The number of furan rings is 1. The molecule has 2 atom stereocenters. The Hall–Kier alpha value is -3.62. The second-order valence-electron chi connectivity index (χ2n) is 9.61. The van der Waals surface area contributed by atoms with Gasteiger partial charge < -0.3 is 28.8 Å². The van der Waals surface area contributed by atoms with Gasteiger partial charge in [-0.25, -0.2) is 0 Å². The van der Waals surface area contributed by atoms with Crippen molar-refractivity contribution in [3.8, 4) is 5.69 Å². The molecule has 4 aromatic rings. The van der Waals surface area contributed by atoms with Crippen LogP contribution in [0.4, 0.5) is 5.69 Å². The lowest BCUT2D eigenvalue weighted by molar-refractivity contribution is 0.122. The van der Waals surface area contributed by atoms with Gasteiger partial charge in [-0.2, -0.15) is 0 Å². The fourth-order valence-electron chi connectivity index (χ4n) is 5.60. The van der Waals surface area contributed by atoms with Crippen molar-refractivity contribution in [3.05, 3.63) is 102 Å². The van der Waals surface area contributed by atoms with E-state index in [1.807, 2.05) is 30.5 Å². The van der Waals surface area contributed by atoms with Crippen LogP contribution in [0.2, 0.25) is 0 Å². The maximum absolute atomic E-state index is 5.85. The van der Waals surface area contributed by atoms with E-state index in [2.05, 4.69) is 74.9 Å². The van der Waals surface area contributed by atoms with Gasteiger partial charge in [0, 0.05) is 42.0 Å². The lowest BCUT2D eigenvalue weighted by Gasteiger charge is -2.29. The van der Waals surface area contributed by atoms with Crippen LogP contribution >= 0.6 is 12.2 Å². The molecule has 2 aliphatic rings. The summed E-state index contributed by atoms with van der Waals surface area (Å²) in [5, 5.41) is 4.25. The predicted octanol–water partition coefficient (Wildman–Crippen LogP) is 5.09. The quantitative estimate of drug-likeness (QED) is 0.360. The topological polar surface area (TPSA) is 58.7 Å². The van der Waals surface area contributed by atoms with Crippen LogP contribution in [0.25, 0.3) is 5.69 Å². The average molecular weight is 514 g/mol. The van der Waals surface area contributed by atoms with Gasteiger partial charge in [-0.1, -0.05) is 6.07 Å². The normalized spacial score (nSPS) is 19.9. The van der Waals surface area contributed by atoms with Gasteiger partial charge in [0.2, 0.25) is 0 Å². The number of pyridine rings is 1. The van der Waals surface area contributed by atoms with Crippen LogP contribution < -0.4 is 10.2 Å². The molecule has 1 aromatic carbocycles. The van der Waals surface area contributed by atoms with Crippen molar-refractivity contribution in [2.24, 2.45) is 0 Å². The summed E-state index contributed by atoms with van der Waals surface area (Å²) in [4.78, 5) is 9.28. The van der Waals surface area contributed by atoms with Gasteiger partial charge in [-0.15, -0.1) is 0 Å². The zero-order valence-corrected chi connectivity index (χ0v) is 21.9. The largest absolute Gasteiger partial charge is 0.467 e. The van der Waals surface area contributed by atoms with Gasteiger partial charge in [0.15, 0.2) is 5.11 Å². The van der Waals surface area contributed by atoms with Crippen LogP contribution in [0.3, 0.4) is 0 Å². The molecule has 8 heteroatoms. The molecule has 2 saturated heterocycles. The zero-order valence-electron chi connectivity index (χ0n) is 21.1. The minimum Gasteiger partial charge on any atom is -0.467 e. The Morgan fingerprint density at radius 3 is 2.49 bits per heavy atom. The Bertz CT molecular complexity index is 1360. The van der Waals surface area contributed by atoms with Crippen LogP contribution in [-0.2, 0) is 11.3 Å². The summed E-state index contributed by atoms with van der Waals surface area (Å²) in [6.07, 6.45) is 3.55. The number of rotatable bonds is 6. The van der Waals surface area contributed by atoms with E-state index in [0.29, 0.717) is 11.7 Å². The molecule has 0 unspecified atom stereocenters. The summed E-state index contributed by atoms with van der Waals surface area (Å²) >= 11 is 5.85. The first-order valence-corrected chi connectivity index (χ1v) is 13.1. The number of hydrogen-bond donors (Lipinski definition) is 1. The molecule has 7 nitrogen and oxygen atoms in total. The highest BCUT2D eigenvalue weighted by atomic mass is 32.1. The predicted molar refractivity (Wildman–Crippen MR) is 148 cm³/mol. The van der Waals surface area contributed by atoms with Crippen LogP contribution in [0, 0.1) is 13.8 Å². The molecule has 0 bridgehead atoms. The first-order chi connectivity index (χ1) is 18.1. The van der Waals surface area contributed by atoms with E-state index in [0.717, 1.165) is 43.4 Å². The molecule has 0 spiro atoms. The summed E-state index contributed by atoms with van der Waals surface area (Å²) < 4.78 is 13.5. The average Bonchev–Trinajstić information content (AvgIpc) is 3.64. The number of nitrogens with zero attached hydrogens (tertiary/aromatic N) is 4. The third kappa shape index (κ3) is 4.51. The van der Waals surface area contributed by atoms with Gasteiger partial charge in [0.05, 0.1) is 43.8 Å². The molecule has 3 aromatic heterocycles. The first-order valence-electron chi connectivity index (χ1n) is 12.7. The minimum atomic E-state index is -0.0682. The molecule has 1 N–H and O–H groups in total. The van der Waals surface area contributed by atoms with Crippen molar-refractivity contribution in [3.63, 3.8) is 0 Å². The molecule has 0 radical (unpaired) electrons. The number of aryl methyl sites for hydroxylation is 1. The smallest absolute Gasteiger partial charge is 0.170 e. The number of nitrogens with one attached hydrogen (secondary N) is 1. The fourth-order valence-corrected chi connectivity index (χ4v) is 5.91. The van der Waals surface area contributed by atoms with Crippen molar-refractivity contribution in [1.29, 1.82) is 0 Å². The molecule has 6 rings (SSSR count). The third-order valence-corrected chi connectivity index (χ3v) is 7.73. The number of ether oxygens (including phenoxy) is 1. The Labute approximate surface area is 222 Å². The SMILES string of the molecule is Cc1cc([C@@H]2[C@@H](c3ccccn3)NC(=S)N2Cc2ccco2)c(C)n1-c1ccc(N2CCOCC2)cc1. The maximum Gasteiger partial charge on any atom is 0.170 e. The van der Waals surface area contributed by atoms with Crippen LogP contribution in [-0.4, -0.2) is 45.9 Å². The molecule has 2 fully saturated rings. The van der Waals surface area contributed by atoms with E-state index < -0.39 is 0 Å². The number of anilines is 1. The molecule has 5 heterocycles. The van der Waals surface area contributed by atoms with Crippen molar-refractivity contribution in [1.82, 2.24) is 19.8 Å². The monoisotopic (exact) mass is 513 g/mol. The fraction of sp³-hybridized carbons (Fsp3) is 0.310. The van der Waals surface area contributed by atoms with Crippen LogP contribution in [0.5, 0.6) is 0 Å². The summed E-state index contributed by atoms with van der Waals surface area (Å²) in [5.41, 5.74) is 6.96. The number of benzene rings is 1. The van der Waals surface area contributed by atoms with Crippen molar-refractivity contribution < 1.29 is 9.15 Å². The molecular formula is C29H31N5O2S. The lowest BCUT2D eigenvalue weighted by Crippen LogP contribution is -2.36. The van der Waals surface area contributed by atoms with Crippen molar-refractivity contribution in [2.45, 2.75) is 32.5 Å². The zero-order chi connectivity index (χ0) is 25.4. The first kappa shape index (κ1) is 23.8. The van der Waals surface area contributed by atoms with Gasteiger partial charge in [0.25, 0.3) is 0 Å². The summed E-state index contributed by atoms with van der Waals surface area (Å²) in [6.45, 7) is 8.37. The summed E-state index contributed by atoms with van der Waals surface area (Å²) in [5.74, 6) is 0.878. The van der Waals surface area contributed by atoms with Gasteiger partial charge in [-0.05, 0) is 86.2 Å².